The Balaban J connectivity index is 1.68. The van der Waals surface area contributed by atoms with Crippen molar-refractivity contribution in [1.82, 2.24) is 5.16 Å². The molecule has 0 bridgehead atoms. The second-order valence-electron chi connectivity index (χ2n) is 5.75. The molecule has 0 fully saturated rings. The summed E-state index contributed by atoms with van der Waals surface area (Å²) in [5.74, 6) is 1.74. The Morgan fingerprint density at radius 3 is 2.75 bits per heavy atom. The Labute approximate surface area is 145 Å². The third kappa shape index (κ3) is 3.54. The van der Waals surface area contributed by atoms with E-state index in [-0.39, 0.29) is 11.7 Å². The van der Waals surface area contributed by atoms with Gasteiger partial charge in [0, 0.05) is 11.6 Å². The van der Waals surface area contributed by atoms with E-state index < -0.39 is 0 Å². The molecule has 24 heavy (non-hydrogen) atoms. The molecule has 1 N–H and O–H groups in total. The summed E-state index contributed by atoms with van der Waals surface area (Å²) in [7, 11) is 0. The molecule has 2 aromatic carbocycles. The SMILES string of the molecule is Cc1cc(OCC(C)c2cc(-c3ccccc3Cl)no2)ccc1O. The van der Waals surface area contributed by atoms with Crippen LogP contribution < -0.4 is 4.74 Å². The number of phenols is 1. The number of ether oxygens (including phenoxy) is 1. The van der Waals surface area contributed by atoms with Crippen LogP contribution >= 0.6 is 11.6 Å². The minimum Gasteiger partial charge on any atom is -0.508 e. The highest BCUT2D eigenvalue weighted by Gasteiger charge is 2.15. The molecule has 124 valence electrons. The van der Waals surface area contributed by atoms with Gasteiger partial charge in [0.15, 0.2) is 0 Å². The van der Waals surface area contributed by atoms with Gasteiger partial charge in [-0.1, -0.05) is 41.9 Å². The van der Waals surface area contributed by atoms with Crippen molar-refractivity contribution < 1.29 is 14.4 Å². The summed E-state index contributed by atoms with van der Waals surface area (Å²) in [6.45, 7) is 4.28. The van der Waals surface area contributed by atoms with E-state index in [0.717, 1.165) is 16.9 Å². The van der Waals surface area contributed by atoms with Crippen molar-refractivity contribution in [3.8, 4) is 22.8 Å². The molecular weight excluding hydrogens is 326 g/mol. The number of rotatable bonds is 5. The molecule has 1 aromatic heterocycles. The third-order valence-corrected chi connectivity index (χ3v) is 4.16. The van der Waals surface area contributed by atoms with Crippen molar-refractivity contribution in [2.24, 2.45) is 0 Å². The predicted octanol–water partition coefficient (Wildman–Crippen LogP) is 5.19. The van der Waals surface area contributed by atoms with Gasteiger partial charge < -0.3 is 14.4 Å². The van der Waals surface area contributed by atoms with Crippen LogP contribution in [0, 0.1) is 6.92 Å². The van der Waals surface area contributed by atoms with Gasteiger partial charge in [0.25, 0.3) is 0 Å². The number of benzene rings is 2. The summed E-state index contributed by atoms with van der Waals surface area (Å²) in [6.07, 6.45) is 0. The number of aromatic nitrogens is 1. The average molecular weight is 344 g/mol. The Bertz CT molecular complexity index is 844. The van der Waals surface area contributed by atoms with Crippen LogP contribution in [0.4, 0.5) is 0 Å². The minimum atomic E-state index is 0.0304. The van der Waals surface area contributed by atoms with Gasteiger partial charge in [0.05, 0.1) is 17.5 Å². The van der Waals surface area contributed by atoms with Crippen molar-refractivity contribution >= 4 is 11.6 Å². The number of aryl methyl sites for hydroxylation is 1. The average Bonchev–Trinajstić information content (AvgIpc) is 3.06. The fourth-order valence-electron chi connectivity index (χ4n) is 2.34. The number of hydrogen-bond donors (Lipinski definition) is 1. The fraction of sp³-hybridized carbons (Fsp3) is 0.211. The number of nitrogens with zero attached hydrogens (tertiary/aromatic N) is 1. The first-order valence-electron chi connectivity index (χ1n) is 7.68. The largest absolute Gasteiger partial charge is 0.508 e. The lowest BCUT2D eigenvalue weighted by atomic mass is 10.1. The molecule has 1 unspecified atom stereocenters. The lowest BCUT2D eigenvalue weighted by Crippen LogP contribution is -2.06. The molecule has 5 heteroatoms. The van der Waals surface area contributed by atoms with Crippen molar-refractivity contribution in [1.29, 1.82) is 0 Å². The van der Waals surface area contributed by atoms with Gasteiger partial charge in [-0.15, -0.1) is 0 Å². The second kappa shape index (κ2) is 6.97. The summed E-state index contributed by atoms with van der Waals surface area (Å²) in [4.78, 5) is 0. The highest BCUT2D eigenvalue weighted by Crippen LogP contribution is 2.29. The smallest absolute Gasteiger partial charge is 0.143 e. The molecule has 0 aliphatic carbocycles. The third-order valence-electron chi connectivity index (χ3n) is 3.83. The van der Waals surface area contributed by atoms with Crippen molar-refractivity contribution in [2.75, 3.05) is 6.61 Å². The van der Waals surface area contributed by atoms with Crippen LogP contribution in [0.1, 0.15) is 24.2 Å². The minimum absolute atomic E-state index is 0.0304. The summed E-state index contributed by atoms with van der Waals surface area (Å²) < 4.78 is 11.2. The monoisotopic (exact) mass is 343 g/mol. The molecule has 0 spiro atoms. The van der Waals surface area contributed by atoms with E-state index in [4.69, 9.17) is 20.9 Å². The van der Waals surface area contributed by atoms with Gasteiger partial charge >= 0.3 is 0 Å². The second-order valence-corrected chi connectivity index (χ2v) is 6.16. The molecule has 0 aliphatic heterocycles. The fourth-order valence-corrected chi connectivity index (χ4v) is 2.57. The van der Waals surface area contributed by atoms with E-state index in [1.54, 1.807) is 18.2 Å². The lowest BCUT2D eigenvalue weighted by Gasteiger charge is -2.11. The number of hydrogen-bond acceptors (Lipinski definition) is 4. The highest BCUT2D eigenvalue weighted by molar-refractivity contribution is 6.33. The highest BCUT2D eigenvalue weighted by atomic mass is 35.5. The Hall–Kier alpha value is -2.46. The van der Waals surface area contributed by atoms with Crippen LogP contribution in [0.2, 0.25) is 5.02 Å². The van der Waals surface area contributed by atoms with E-state index in [9.17, 15) is 5.11 Å². The Morgan fingerprint density at radius 1 is 1.21 bits per heavy atom. The van der Waals surface area contributed by atoms with E-state index in [1.807, 2.05) is 44.2 Å². The first-order valence-corrected chi connectivity index (χ1v) is 8.06. The quantitative estimate of drug-likeness (QED) is 0.692. The van der Waals surface area contributed by atoms with Crippen molar-refractivity contribution in [2.45, 2.75) is 19.8 Å². The number of phenolic OH excluding ortho intramolecular Hbond substituents is 1. The molecular formula is C19H18ClNO3. The maximum Gasteiger partial charge on any atom is 0.143 e. The van der Waals surface area contributed by atoms with Crippen LogP contribution in [0.15, 0.2) is 53.1 Å². The normalized spacial score (nSPS) is 12.1. The maximum absolute atomic E-state index is 9.54. The van der Waals surface area contributed by atoms with Crippen LogP contribution in [0.3, 0.4) is 0 Å². The van der Waals surface area contributed by atoms with Gasteiger partial charge in [-0.05, 0) is 36.8 Å². The summed E-state index contributed by atoms with van der Waals surface area (Å²) in [5, 5.41) is 14.3. The van der Waals surface area contributed by atoms with E-state index in [0.29, 0.717) is 23.1 Å². The molecule has 0 radical (unpaired) electrons. The Kier molecular flexibility index (Phi) is 4.76. The molecule has 0 saturated carbocycles. The standard InChI is InChI=1S/C19H18ClNO3/c1-12-9-14(7-8-18(12)22)23-11-13(2)19-10-17(21-24-19)15-5-3-4-6-16(15)20/h3-10,13,22H,11H2,1-2H3. The van der Waals surface area contributed by atoms with Crippen LogP contribution in [0.25, 0.3) is 11.3 Å². The zero-order valence-electron chi connectivity index (χ0n) is 13.5. The first-order chi connectivity index (χ1) is 11.5. The van der Waals surface area contributed by atoms with E-state index in [1.165, 1.54) is 0 Å². The zero-order valence-corrected chi connectivity index (χ0v) is 14.2. The van der Waals surface area contributed by atoms with Crippen LogP contribution in [-0.4, -0.2) is 16.9 Å². The van der Waals surface area contributed by atoms with Crippen molar-refractivity contribution in [3.63, 3.8) is 0 Å². The van der Waals surface area contributed by atoms with Gasteiger partial charge in [-0.3, -0.25) is 0 Å². The molecule has 4 nitrogen and oxygen atoms in total. The molecule has 0 amide bonds. The van der Waals surface area contributed by atoms with Crippen LogP contribution in [0.5, 0.6) is 11.5 Å². The summed E-state index contributed by atoms with van der Waals surface area (Å²) in [6, 6.07) is 14.6. The summed E-state index contributed by atoms with van der Waals surface area (Å²) >= 11 is 6.19. The topological polar surface area (TPSA) is 55.5 Å². The zero-order chi connectivity index (χ0) is 17.1. The van der Waals surface area contributed by atoms with Gasteiger partial charge in [-0.2, -0.15) is 0 Å². The molecule has 0 saturated heterocycles. The first kappa shape index (κ1) is 16.4. The molecule has 1 atom stereocenters. The maximum atomic E-state index is 9.54. The predicted molar refractivity (Wildman–Crippen MR) is 93.7 cm³/mol. The van der Waals surface area contributed by atoms with Gasteiger partial charge in [0.1, 0.15) is 23.0 Å². The molecule has 0 aliphatic rings. The van der Waals surface area contributed by atoms with Gasteiger partial charge in [-0.25, -0.2) is 0 Å². The van der Waals surface area contributed by atoms with Crippen LogP contribution in [-0.2, 0) is 0 Å². The summed E-state index contributed by atoms with van der Waals surface area (Å²) in [5.41, 5.74) is 2.33. The van der Waals surface area contributed by atoms with E-state index >= 15 is 0 Å². The molecule has 3 aromatic rings. The van der Waals surface area contributed by atoms with E-state index in [2.05, 4.69) is 5.16 Å². The molecule has 3 rings (SSSR count). The number of aromatic hydroxyl groups is 1. The lowest BCUT2D eigenvalue weighted by molar-refractivity contribution is 0.265. The molecule has 1 heterocycles. The van der Waals surface area contributed by atoms with Gasteiger partial charge in [0.2, 0.25) is 0 Å². The Morgan fingerprint density at radius 2 is 2.00 bits per heavy atom. The van der Waals surface area contributed by atoms with Crippen molar-refractivity contribution in [3.05, 3.63) is 64.9 Å². The number of halogens is 1.